The lowest BCUT2D eigenvalue weighted by Gasteiger charge is -2.07. The molecule has 9 heteroatoms. The summed E-state index contributed by atoms with van der Waals surface area (Å²) in [5.74, 6) is 1.57. The van der Waals surface area contributed by atoms with E-state index in [1.54, 1.807) is 6.92 Å². The predicted molar refractivity (Wildman–Crippen MR) is 91.1 cm³/mol. The molecule has 0 spiro atoms. The lowest BCUT2D eigenvalue weighted by molar-refractivity contribution is -0.121. The monoisotopic (exact) mass is 355 g/mol. The first-order valence-corrected chi connectivity index (χ1v) is 8.18. The number of aryl methyl sites for hydroxylation is 1. The van der Waals surface area contributed by atoms with Crippen LogP contribution in [-0.4, -0.2) is 32.3 Å². The van der Waals surface area contributed by atoms with E-state index in [1.165, 1.54) is 10.8 Å². The standard InChI is InChI=1S/C17H17N5O4/c1-10-12(16(24)22-17(21-10)19-8-20-22)3-5-15(23)18-7-11-2-4-13-14(6-11)26-9-25-13/h2,4,6,8H,3,5,7,9H2,1H3,(H,18,23)(H,19,20,21). The van der Waals surface area contributed by atoms with E-state index < -0.39 is 0 Å². The van der Waals surface area contributed by atoms with Crippen molar-refractivity contribution in [2.24, 2.45) is 0 Å². The minimum Gasteiger partial charge on any atom is -0.454 e. The molecule has 0 radical (unpaired) electrons. The van der Waals surface area contributed by atoms with Gasteiger partial charge in [0, 0.05) is 18.5 Å². The first kappa shape index (κ1) is 16.1. The Kier molecular flexibility index (Phi) is 4.04. The van der Waals surface area contributed by atoms with Crippen molar-refractivity contribution in [1.82, 2.24) is 24.9 Å². The minimum absolute atomic E-state index is 0.142. The Hall–Kier alpha value is -3.36. The van der Waals surface area contributed by atoms with Gasteiger partial charge in [-0.3, -0.25) is 14.7 Å². The van der Waals surface area contributed by atoms with E-state index in [1.807, 2.05) is 18.2 Å². The number of ether oxygens (including phenoxy) is 2. The molecule has 3 heterocycles. The summed E-state index contributed by atoms with van der Waals surface area (Å²) in [4.78, 5) is 32.8. The van der Waals surface area contributed by atoms with Crippen LogP contribution in [0.25, 0.3) is 5.78 Å². The van der Waals surface area contributed by atoms with Crippen molar-refractivity contribution in [3.8, 4) is 11.5 Å². The number of nitrogens with zero attached hydrogens (tertiary/aromatic N) is 3. The van der Waals surface area contributed by atoms with Gasteiger partial charge in [0.05, 0.1) is 5.69 Å². The molecule has 1 amide bonds. The Morgan fingerprint density at radius 1 is 1.35 bits per heavy atom. The molecular formula is C17H17N5O4. The summed E-state index contributed by atoms with van der Waals surface area (Å²) in [5.41, 5.74) is 1.78. The maximum atomic E-state index is 12.4. The summed E-state index contributed by atoms with van der Waals surface area (Å²) in [6, 6.07) is 5.54. The van der Waals surface area contributed by atoms with E-state index in [4.69, 9.17) is 9.47 Å². The Balaban J connectivity index is 1.38. The number of carbonyl (C=O) groups excluding carboxylic acids is 1. The molecular weight excluding hydrogens is 338 g/mol. The molecule has 9 nitrogen and oxygen atoms in total. The van der Waals surface area contributed by atoms with Crippen LogP contribution in [0.1, 0.15) is 23.2 Å². The highest BCUT2D eigenvalue weighted by Crippen LogP contribution is 2.32. The number of nitrogens with one attached hydrogen (secondary N) is 2. The molecule has 1 aliphatic heterocycles. The van der Waals surface area contributed by atoms with Gasteiger partial charge in [0.2, 0.25) is 12.7 Å². The molecule has 0 aliphatic carbocycles. The first-order chi connectivity index (χ1) is 12.6. The molecule has 26 heavy (non-hydrogen) atoms. The van der Waals surface area contributed by atoms with E-state index >= 15 is 0 Å². The SMILES string of the molecule is Cc1nc2nc[nH]n2c(=O)c1CCC(=O)NCc1ccc2c(c1)OCO2. The Bertz CT molecular complexity index is 1040. The smallest absolute Gasteiger partial charge is 0.277 e. The maximum absolute atomic E-state index is 12.4. The third kappa shape index (κ3) is 2.99. The molecule has 3 aromatic rings. The number of benzene rings is 1. The largest absolute Gasteiger partial charge is 0.454 e. The van der Waals surface area contributed by atoms with Crippen LogP contribution in [0, 0.1) is 6.92 Å². The summed E-state index contributed by atoms with van der Waals surface area (Å²) in [6.45, 7) is 2.34. The molecule has 1 aliphatic rings. The third-order valence-corrected chi connectivity index (χ3v) is 4.26. The van der Waals surface area contributed by atoms with Crippen LogP contribution in [0.2, 0.25) is 0 Å². The summed E-state index contributed by atoms with van der Waals surface area (Å²) >= 11 is 0. The van der Waals surface area contributed by atoms with Gasteiger partial charge < -0.3 is 14.8 Å². The molecule has 0 saturated heterocycles. The van der Waals surface area contributed by atoms with Crippen molar-refractivity contribution >= 4 is 11.7 Å². The van der Waals surface area contributed by atoms with Crippen molar-refractivity contribution in [2.45, 2.75) is 26.3 Å². The number of fused-ring (bicyclic) bond motifs is 2. The highest BCUT2D eigenvalue weighted by molar-refractivity contribution is 5.76. The first-order valence-electron chi connectivity index (χ1n) is 8.18. The number of hydrogen-bond acceptors (Lipinski definition) is 6. The number of hydrogen-bond donors (Lipinski definition) is 2. The average molecular weight is 355 g/mol. The zero-order valence-electron chi connectivity index (χ0n) is 14.1. The molecule has 0 bridgehead atoms. The number of aromatic amines is 1. The molecule has 4 rings (SSSR count). The van der Waals surface area contributed by atoms with Gasteiger partial charge >= 0.3 is 0 Å². The molecule has 0 unspecified atom stereocenters. The molecule has 1 aromatic carbocycles. The Morgan fingerprint density at radius 2 is 2.19 bits per heavy atom. The van der Waals surface area contributed by atoms with Gasteiger partial charge in [0.25, 0.3) is 11.3 Å². The molecule has 2 N–H and O–H groups in total. The zero-order valence-corrected chi connectivity index (χ0v) is 14.1. The third-order valence-electron chi connectivity index (χ3n) is 4.26. The van der Waals surface area contributed by atoms with E-state index in [2.05, 4.69) is 20.4 Å². The van der Waals surface area contributed by atoms with E-state index in [-0.39, 0.29) is 24.7 Å². The van der Waals surface area contributed by atoms with E-state index in [9.17, 15) is 9.59 Å². The summed E-state index contributed by atoms with van der Waals surface area (Å²) in [5, 5.41) is 5.56. The molecule has 2 aromatic heterocycles. The second kappa shape index (κ2) is 6.51. The number of rotatable bonds is 5. The van der Waals surface area contributed by atoms with Gasteiger partial charge in [0.1, 0.15) is 6.33 Å². The van der Waals surface area contributed by atoms with Gasteiger partial charge in [-0.15, -0.1) is 0 Å². The van der Waals surface area contributed by atoms with Gasteiger partial charge in [-0.25, -0.2) is 9.97 Å². The van der Waals surface area contributed by atoms with Gasteiger partial charge in [-0.1, -0.05) is 6.07 Å². The fourth-order valence-electron chi connectivity index (χ4n) is 2.86. The molecule has 0 saturated carbocycles. The highest BCUT2D eigenvalue weighted by atomic mass is 16.7. The summed E-state index contributed by atoms with van der Waals surface area (Å²) in [7, 11) is 0. The average Bonchev–Trinajstić information content (AvgIpc) is 3.28. The number of H-pyrrole nitrogens is 1. The van der Waals surface area contributed by atoms with Crippen molar-refractivity contribution in [1.29, 1.82) is 0 Å². The Labute approximate surface area is 148 Å². The molecule has 134 valence electrons. The summed E-state index contributed by atoms with van der Waals surface area (Å²) in [6.07, 6.45) is 1.92. The van der Waals surface area contributed by atoms with E-state index in [0.29, 0.717) is 41.5 Å². The van der Waals surface area contributed by atoms with Crippen LogP contribution in [0.15, 0.2) is 29.3 Å². The second-order valence-corrected chi connectivity index (χ2v) is 5.97. The van der Waals surface area contributed by atoms with Crippen LogP contribution in [0.5, 0.6) is 11.5 Å². The van der Waals surface area contributed by atoms with Crippen LogP contribution in [-0.2, 0) is 17.8 Å². The highest BCUT2D eigenvalue weighted by Gasteiger charge is 2.15. The van der Waals surface area contributed by atoms with Crippen LogP contribution >= 0.6 is 0 Å². The summed E-state index contributed by atoms with van der Waals surface area (Å²) < 4.78 is 11.8. The van der Waals surface area contributed by atoms with Crippen molar-refractivity contribution in [2.75, 3.05) is 6.79 Å². The van der Waals surface area contributed by atoms with Crippen molar-refractivity contribution in [3.05, 3.63) is 51.7 Å². The number of amides is 1. The van der Waals surface area contributed by atoms with Crippen LogP contribution in [0.3, 0.4) is 0 Å². The number of carbonyl (C=O) groups is 1. The van der Waals surface area contributed by atoms with Gasteiger partial charge in [-0.2, -0.15) is 4.52 Å². The minimum atomic E-state index is -0.228. The fraction of sp³-hybridized carbons (Fsp3) is 0.294. The lowest BCUT2D eigenvalue weighted by atomic mass is 10.1. The van der Waals surface area contributed by atoms with Crippen LogP contribution < -0.4 is 20.3 Å². The lowest BCUT2D eigenvalue weighted by Crippen LogP contribution is -2.26. The topological polar surface area (TPSA) is 111 Å². The quantitative estimate of drug-likeness (QED) is 0.697. The van der Waals surface area contributed by atoms with E-state index in [0.717, 1.165) is 5.56 Å². The second-order valence-electron chi connectivity index (χ2n) is 5.97. The van der Waals surface area contributed by atoms with Crippen molar-refractivity contribution < 1.29 is 14.3 Å². The van der Waals surface area contributed by atoms with Crippen LogP contribution in [0.4, 0.5) is 0 Å². The predicted octanol–water partition coefficient (Wildman–Crippen LogP) is 0.704. The zero-order chi connectivity index (χ0) is 18.1. The molecule has 0 fully saturated rings. The fourth-order valence-corrected chi connectivity index (χ4v) is 2.86. The van der Waals surface area contributed by atoms with Crippen molar-refractivity contribution in [3.63, 3.8) is 0 Å². The Morgan fingerprint density at radius 3 is 3.08 bits per heavy atom. The molecule has 0 atom stereocenters. The maximum Gasteiger partial charge on any atom is 0.277 e. The van der Waals surface area contributed by atoms with Gasteiger partial charge in [-0.05, 0) is 31.0 Å². The van der Waals surface area contributed by atoms with Gasteiger partial charge in [0.15, 0.2) is 11.5 Å². The normalized spacial score (nSPS) is 12.5. The number of aromatic nitrogens is 4.